The lowest BCUT2D eigenvalue weighted by molar-refractivity contribution is 0.0600. The van der Waals surface area contributed by atoms with E-state index in [1.54, 1.807) is 24.3 Å². The van der Waals surface area contributed by atoms with Crippen LogP contribution in [-0.2, 0) is 4.74 Å². The third-order valence-corrected chi connectivity index (χ3v) is 2.61. The minimum Gasteiger partial charge on any atom is -0.483 e. The van der Waals surface area contributed by atoms with Gasteiger partial charge in [-0.25, -0.2) is 4.79 Å². The predicted molar refractivity (Wildman–Crippen MR) is 68.1 cm³/mol. The SMILES string of the molecule is COC(=O)c1cccc(OC(C)c2cc(C)no2)c1. The fourth-order valence-corrected chi connectivity index (χ4v) is 1.65. The minimum absolute atomic E-state index is 0.283. The smallest absolute Gasteiger partial charge is 0.337 e. The number of carbonyl (C=O) groups is 1. The lowest BCUT2D eigenvalue weighted by Gasteiger charge is -2.12. The molecule has 0 saturated carbocycles. The van der Waals surface area contributed by atoms with Crippen molar-refractivity contribution in [3.8, 4) is 5.75 Å². The van der Waals surface area contributed by atoms with Crippen molar-refractivity contribution in [3.63, 3.8) is 0 Å². The van der Waals surface area contributed by atoms with Crippen molar-refractivity contribution in [1.82, 2.24) is 5.16 Å². The minimum atomic E-state index is -0.395. The molecule has 5 nitrogen and oxygen atoms in total. The van der Waals surface area contributed by atoms with Gasteiger partial charge < -0.3 is 14.0 Å². The highest BCUT2D eigenvalue weighted by atomic mass is 16.5. The molecule has 1 unspecified atom stereocenters. The number of hydrogen-bond acceptors (Lipinski definition) is 5. The third kappa shape index (κ3) is 3.13. The molecule has 0 aliphatic heterocycles. The summed E-state index contributed by atoms with van der Waals surface area (Å²) in [5, 5.41) is 3.81. The van der Waals surface area contributed by atoms with E-state index in [1.165, 1.54) is 7.11 Å². The van der Waals surface area contributed by atoms with E-state index >= 15 is 0 Å². The molecule has 0 fully saturated rings. The van der Waals surface area contributed by atoms with E-state index < -0.39 is 5.97 Å². The fraction of sp³-hybridized carbons (Fsp3) is 0.286. The number of rotatable bonds is 4. The standard InChI is InChI=1S/C14H15NO4/c1-9-7-13(19-15-9)10(2)18-12-6-4-5-11(8-12)14(16)17-3/h4-8,10H,1-3H3. The summed E-state index contributed by atoms with van der Waals surface area (Å²) < 4.78 is 15.5. The van der Waals surface area contributed by atoms with Gasteiger partial charge in [0.25, 0.3) is 0 Å². The Kier molecular flexibility index (Phi) is 3.85. The molecule has 2 aromatic rings. The molecule has 1 aromatic heterocycles. The molecule has 2 rings (SSSR count). The van der Waals surface area contributed by atoms with Gasteiger partial charge >= 0.3 is 5.97 Å². The molecule has 1 atom stereocenters. The van der Waals surface area contributed by atoms with Crippen molar-refractivity contribution in [1.29, 1.82) is 0 Å². The quantitative estimate of drug-likeness (QED) is 0.792. The summed E-state index contributed by atoms with van der Waals surface area (Å²) in [6.07, 6.45) is -0.283. The number of esters is 1. The van der Waals surface area contributed by atoms with Crippen LogP contribution in [0.25, 0.3) is 0 Å². The average molecular weight is 261 g/mol. The fourth-order valence-electron chi connectivity index (χ4n) is 1.65. The van der Waals surface area contributed by atoms with Crippen LogP contribution >= 0.6 is 0 Å². The molecule has 19 heavy (non-hydrogen) atoms. The number of ether oxygens (including phenoxy) is 2. The normalized spacial score (nSPS) is 11.9. The maximum Gasteiger partial charge on any atom is 0.337 e. The zero-order chi connectivity index (χ0) is 13.8. The monoisotopic (exact) mass is 261 g/mol. The third-order valence-electron chi connectivity index (χ3n) is 2.61. The molecule has 0 N–H and O–H groups in total. The van der Waals surface area contributed by atoms with E-state index in [9.17, 15) is 4.79 Å². The summed E-state index contributed by atoms with van der Waals surface area (Å²) in [6, 6.07) is 8.62. The second-order valence-electron chi connectivity index (χ2n) is 4.15. The average Bonchev–Trinajstić information content (AvgIpc) is 2.85. The first-order chi connectivity index (χ1) is 9.10. The number of benzene rings is 1. The van der Waals surface area contributed by atoms with E-state index in [0.717, 1.165) is 5.69 Å². The van der Waals surface area contributed by atoms with Gasteiger partial charge in [-0.05, 0) is 32.0 Å². The lowest BCUT2D eigenvalue weighted by Crippen LogP contribution is -2.04. The Bertz CT molecular complexity index is 576. The van der Waals surface area contributed by atoms with Crippen LogP contribution in [0.3, 0.4) is 0 Å². The molecular formula is C14H15NO4. The predicted octanol–water partition coefficient (Wildman–Crippen LogP) is 2.91. The van der Waals surface area contributed by atoms with Crippen LogP contribution in [0.4, 0.5) is 0 Å². The molecule has 0 aliphatic carbocycles. The first-order valence-electron chi connectivity index (χ1n) is 5.88. The summed E-state index contributed by atoms with van der Waals surface area (Å²) in [6.45, 7) is 3.70. The molecule has 100 valence electrons. The lowest BCUT2D eigenvalue weighted by atomic mass is 10.2. The molecule has 5 heteroatoms. The maximum atomic E-state index is 11.4. The van der Waals surface area contributed by atoms with Gasteiger partial charge in [0.2, 0.25) is 0 Å². The van der Waals surface area contributed by atoms with E-state index in [4.69, 9.17) is 9.26 Å². The van der Waals surface area contributed by atoms with E-state index in [-0.39, 0.29) is 6.10 Å². The zero-order valence-corrected chi connectivity index (χ0v) is 11.0. The van der Waals surface area contributed by atoms with Crippen LogP contribution < -0.4 is 4.74 Å². The van der Waals surface area contributed by atoms with E-state index in [0.29, 0.717) is 17.1 Å². The summed E-state index contributed by atoms with van der Waals surface area (Å²) in [5.74, 6) is 0.819. The highest BCUT2D eigenvalue weighted by Gasteiger charge is 2.14. The van der Waals surface area contributed by atoms with Gasteiger partial charge in [0.1, 0.15) is 5.75 Å². The Balaban J connectivity index is 2.12. The van der Waals surface area contributed by atoms with Gasteiger partial charge in [-0.3, -0.25) is 0 Å². The van der Waals surface area contributed by atoms with Crippen molar-refractivity contribution in [2.24, 2.45) is 0 Å². The molecule has 1 heterocycles. The van der Waals surface area contributed by atoms with Gasteiger partial charge in [0.05, 0.1) is 18.4 Å². The maximum absolute atomic E-state index is 11.4. The van der Waals surface area contributed by atoms with Crippen LogP contribution in [0.2, 0.25) is 0 Å². The summed E-state index contributed by atoms with van der Waals surface area (Å²) in [5.41, 5.74) is 1.25. The first-order valence-corrected chi connectivity index (χ1v) is 5.88. The van der Waals surface area contributed by atoms with Crippen LogP contribution in [0.5, 0.6) is 5.75 Å². The molecule has 0 saturated heterocycles. The summed E-state index contributed by atoms with van der Waals surface area (Å²) >= 11 is 0. The Hall–Kier alpha value is -2.30. The molecule has 0 bridgehead atoms. The van der Waals surface area contributed by atoms with Crippen molar-refractivity contribution in [2.45, 2.75) is 20.0 Å². The Morgan fingerprint density at radius 3 is 2.79 bits per heavy atom. The Morgan fingerprint density at radius 1 is 1.37 bits per heavy atom. The number of methoxy groups -OCH3 is 1. The van der Waals surface area contributed by atoms with Crippen LogP contribution in [-0.4, -0.2) is 18.2 Å². The summed E-state index contributed by atoms with van der Waals surface area (Å²) in [7, 11) is 1.34. The van der Waals surface area contributed by atoms with Gasteiger partial charge in [0.15, 0.2) is 11.9 Å². The second-order valence-corrected chi connectivity index (χ2v) is 4.15. The van der Waals surface area contributed by atoms with Gasteiger partial charge in [-0.1, -0.05) is 11.2 Å². The van der Waals surface area contributed by atoms with Crippen LogP contribution in [0.15, 0.2) is 34.9 Å². The first kappa shape index (κ1) is 13.1. The number of carbonyl (C=O) groups excluding carboxylic acids is 1. The zero-order valence-electron chi connectivity index (χ0n) is 11.0. The van der Waals surface area contributed by atoms with E-state index in [2.05, 4.69) is 9.89 Å². The van der Waals surface area contributed by atoms with Crippen molar-refractivity contribution in [3.05, 3.63) is 47.3 Å². The molecular weight excluding hydrogens is 246 g/mol. The largest absolute Gasteiger partial charge is 0.483 e. The van der Waals surface area contributed by atoms with Crippen molar-refractivity contribution < 1.29 is 18.8 Å². The highest BCUT2D eigenvalue weighted by molar-refractivity contribution is 5.89. The molecule has 0 amide bonds. The Morgan fingerprint density at radius 2 is 2.16 bits per heavy atom. The van der Waals surface area contributed by atoms with Crippen molar-refractivity contribution >= 4 is 5.97 Å². The topological polar surface area (TPSA) is 61.6 Å². The number of nitrogens with zero attached hydrogens (tertiary/aromatic N) is 1. The van der Waals surface area contributed by atoms with Crippen LogP contribution in [0.1, 0.15) is 34.8 Å². The molecule has 0 spiro atoms. The molecule has 1 aromatic carbocycles. The number of aryl methyl sites for hydroxylation is 1. The van der Waals surface area contributed by atoms with Gasteiger partial charge in [-0.2, -0.15) is 0 Å². The van der Waals surface area contributed by atoms with Crippen LogP contribution in [0, 0.1) is 6.92 Å². The Labute approximate surface area is 111 Å². The summed E-state index contributed by atoms with van der Waals surface area (Å²) in [4.78, 5) is 11.4. The van der Waals surface area contributed by atoms with Gasteiger partial charge in [0, 0.05) is 6.07 Å². The molecule has 0 radical (unpaired) electrons. The highest BCUT2D eigenvalue weighted by Crippen LogP contribution is 2.23. The number of hydrogen-bond donors (Lipinski definition) is 0. The van der Waals surface area contributed by atoms with Crippen molar-refractivity contribution in [2.75, 3.05) is 7.11 Å². The second kappa shape index (κ2) is 5.56. The number of aromatic nitrogens is 1. The van der Waals surface area contributed by atoms with E-state index in [1.807, 2.05) is 19.9 Å². The van der Waals surface area contributed by atoms with Gasteiger partial charge in [-0.15, -0.1) is 0 Å². The molecule has 0 aliphatic rings.